The third kappa shape index (κ3) is 4.88. The molecule has 2 saturated carbocycles. The molecule has 30 heavy (non-hydrogen) atoms. The lowest BCUT2D eigenvalue weighted by Gasteiger charge is -2.59. The lowest BCUT2D eigenvalue weighted by molar-refractivity contribution is -0.133. The Bertz CT molecular complexity index is 830. The Labute approximate surface area is 173 Å². The second-order valence-electron chi connectivity index (χ2n) is 9.29. The van der Waals surface area contributed by atoms with E-state index < -0.39 is 18.3 Å². The van der Waals surface area contributed by atoms with Crippen LogP contribution in [0.5, 0.6) is 5.75 Å². The molecule has 2 aliphatic carbocycles. The molecule has 3 aliphatic rings. The van der Waals surface area contributed by atoms with Crippen molar-refractivity contribution in [1.29, 1.82) is 0 Å². The number of carbonyl (C=O) groups excluding carboxylic acids is 2. The average molecular weight is 425 g/mol. The van der Waals surface area contributed by atoms with Crippen LogP contribution in [-0.4, -0.2) is 55.0 Å². The zero-order chi connectivity index (χ0) is 21.5. The smallest absolute Gasteiger partial charge is 0.387 e. The van der Waals surface area contributed by atoms with Gasteiger partial charge in [0.2, 0.25) is 5.91 Å². The van der Waals surface area contributed by atoms with Gasteiger partial charge in [0.1, 0.15) is 11.6 Å². The van der Waals surface area contributed by atoms with Gasteiger partial charge in [0.05, 0.1) is 6.54 Å². The molecule has 1 aromatic rings. The highest BCUT2D eigenvalue weighted by atomic mass is 19.3. The van der Waals surface area contributed by atoms with Gasteiger partial charge in [-0.05, 0) is 56.1 Å². The second-order valence-corrected chi connectivity index (χ2v) is 9.29. The zero-order valence-corrected chi connectivity index (χ0v) is 16.8. The Morgan fingerprint density at radius 2 is 1.93 bits per heavy atom. The van der Waals surface area contributed by atoms with Crippen molar-refractivity contribution in [2.45, 2.75) is 44.8 Å². The van der Waals surface area contributed by atoms with E-state index in [0.717, 1.165) is 57.0 Å². The molecule has 1 saturated heterocycles. The average Bonchev–Trinajstić information content (AvgIpc) is 3.29. The molecular weight excluding hydrogens is 399 g/mol. The minimum Gasteiger partial charge on any atom is -0.435 e. The van der Waals surface area contributed by atoms with E-state index in [2.05, 4.69) is 27.2 Å². The first-order valence-corrected chi connectivity index (χ1v) is 10.2. The molecular formula is C21H26F3N3O3. The van der Waals surface area contributed by atoms with Crippen molar-refractivity contribution < 1.29 is 27.5 Å². The number of benzene rings is 1. The monoisotopic (exact) mass is 425 g/mol. The predicted octanol–water partition coefficient (Wildman–Crippen LogP) is 2.54. The topological polar surface area (TPSA) is 70.7 Å². The van der Waals surface area contributed by atoms with Crippen LogP contribution in [0.1, 0.15) is 43.0 Å². The number of amides is 2. The van der Waals surface area contributed by atoms with E-state index in [1.54, 1.807) is 0 Å². The molecule has 1 aromatic carbocycles. The van der Waals surface area contributed by atoms with Crippen LogP contribution in [0.15, 0.2) is 18.2 Å². The highest BCUT2D eigenvalue weighted by Crippen LogP contribution is 2.51. The summed E-state index contributed by atoms with van der Waals surface area (Å²) in [5.41, 5.74) is 0.189. The van der Waals surface area contributed by atoms with Crippen LogP contribution in [0.3, 0.4) is 0 Å². The molecule has 3 fully saturated rings. The van der Waals surface area contributed by atoms with E-state index in [1.165, 1.54) is 0 Å². The third-order valence-electron chi connectivity index (χ3n) is 6.28. The third-order valence-corrected chi connectivity index (χ3v) is 6.28. The number of likely N-dealkylation sites (tertiary alicyclic amines) is 1. The SMILES string of the molecule is CC1(NC(=O)CN2CC3(CC(CNC(=O)c4cc(F)cc(OC(F)F)c4)C3)C2)CC1. The van der Waals surface area contributed by atoms with E-state index in [4.69, 9.17) is 0 Å². The fourth-order valence-electron chi connectivity index (χ4n) is 4.68. The lowest BCUT2D eigenvalue weighted by atomic mass is 9.57. The van der Waals surface area contributed by atoms with Crippen LogP contribution in [0.25, 0.3) is 0 Å². The number of nitrogens with one attached hydrogen (secondary N) is 2. The summed E-state index contributed by atoms with van der Waals surface area (Å²) < 4.78 is 42.3. The fraction of sp³-hybridized carbons (Fsp3) is 0.619. The molecule has 2 amide bonds. The fourth-order valence-corrected chi connectivity index (χ4v) is 4.68. The first-order chi connectivity index (χ1) is 14.1. The standard InChI is InChI=1S/C21H26F3N3O3/c1-20(2-3-20)26-17(28)10-27-11-21(12-27)7-13(8-21)9-25-18(29)14-4-15(22)6-16(5-14)30-19(23)24/h4-6,13,19H,2-3,7-12H2,1H3,(H,25,29)(H,26,28). The van der Waals surface area contributed by atoms with Gasteiger partial charge in [0.15, 0.2) is 0 Å². The number of hydrogen-bond acceptors (Lipinski definition) is 4. The van der Waals surface area contributed by atoms with Crippen molar-refractivity contribution in [3.8, 4) is 5.75 Å². The van der Waals surface area contributed by atoms with Crippen LogP contribution in [-0.2, 0) is 4.79 Å². The van der Waals surface area contributed by atoms with Crippen molar-refractivity contribution in [2.24, 2.45) is 11.3 Å². The number of halogens is 3. The molecule has 0 bridgehead atoms. The molecule has 4 rings (SSSR count). The summed E-state index contributed by atoms with van der Waals surface area (Å²) in [6, 6.07) is 2.91. The van der Waals surface area contributed by atoms with E-state index in [9.17, 15) is 22.8 Å². The molecule has 1 aliphatic heterocycles. The van der Waals surface area contributed by atoms with Crippen molar-refractivity contribution in [3.05, 3.63) is 29.6 Å². The number of rotatable bonds is 8. The number of hydrogen-bond donors (Lipinski definition) is 2. The molecule has 6 nitrogen and oxygen atoms in total. The lowest BCUT2D eigenvalue weighted by Crippen LogP contribution is -2.64. The van der Waals surface area contributed by atoms with E-state index in [0.29, 0.717) is 19.0 Å². The number of nitrogens with zero attached hydrogens (tertiary/aromatic N) is 1. The molecule has 9 heteroatoms. The summed E-state index contributed by atoms with van der Waals surface area (Å²) in [7, 11) is 0. The first-order valence-electron chi connectivity index (χ1n) is 10.2. The Balaban J connectivity index is 1.17. The molecule has 0 radical (unpaired) electrons. The van der Waals surface area contributed by atoms with Gasteiger partial charge in [-0.25, -0.2) is 4.39 Å². The van der Waals surface area contributed by atoms with Crippen LogP contribution in [0.2, 0.25) is 0 Å². The number of ether oxygens (including phenoxy) is 1. The summed E-state index contributed by atoms with van der Waals surface area (Å²) in [5.74, 6) is -1.31. The summed E-state index contributed by atoms with van der Waals surface area (Å²) in [6.07, 6.45) is 4.02. The quantitative estimate of drug-likeness (QED) is 0.672. The summed E-state index contributed by atoms with van der Waals surface area (Å²) in [6.45, 7) is 1.63. The van der Waals surface area contributed by atoms with Gasteiger partial charge in [-0.15, -0.1) is 0 Å². The van der Waals surface area contributed by atoms with Gasteiger partial charge in [-0.1, -0.05) is 0 Å². The first kappa shape index (κ1) is 21.0. The normalized spacial score (nSPS) is 21.6. The van der Waals surface area contributed by atoms with E-state index in [1.807, 2.05) is 0 Å². The molecule has 1 spiro atoms. The predicted molar refractivity (Wildman–Crippen MR) is 103 cm³/mol. The zero-order valence-electron chi connectivity index (χ0n) is 16.8. The largest absolute Gasteiger partial charge is 0.435 e. The van der Waals surface area contributed by atoms with Crippen LogP contribution in [0, 0.1) is 17.2 Å². The van der Waals surface area contributed by atoms with Crippen LogP contribution in [0.4, 0.5) is 13.2 Å². The maximum Gasteiger partial charge on any atom is 0.387 e. The Morgan fingerprint density at radius 3 is 2.57 bits per heavy atom. The Kier molecular flexibility index (Phi) is 5.42. The molecule has 0 atom stereocenters. The molecule has 0 unspecified atom stereocenters. The maximum atomic E-state index is 13.6. The summed E-state index contributed by atoms with van der Waals surface area (Å²) in [4.78, 5) is 26.4. The van der Waals surface area contributed by atoms with E-state index >= 15 is 0 Å². The second kappa shape index (κ2) is 7.76. The Hall–Kier alpha value is -2.29. The van der Waals surface area contributed by atoms with Crippen LogP contribution >= 0.6 is 0 Å². The van der Waals surface area contributed by atoms with Gasteiger partial charge in [-0.3, -0.25) is 14.5 Å². The minimum atomic E-state index is -3.08. The summed E-state index contributed by atoms with van der Waals surface area (Å²) in [5, 5.41) is 5.81. The van der Waals surface area contributed by atoms with Gasteiger partial charge >= 0.3 is 6.61 Å². The highest BCUT2D eigenvalue weighted by Gasteiger charge is 2.52. The van der Waals surface area contributed by atoms with Gasteiger partial charge in [0.25, 0.3) is 5.91 Å². The van der Waals surface area contributed by atoms with Crippen molar-refractivity contribution in [2.75, 3.05) is 26.2 Å². The Morgan fingerprint density at radius 1 is 1.23 bits per heavy atom. The number of carbonyl (C=O) groups is 2. The molecule has 2 N–H and O–H groups in total. The van der Waals surface area contributed by atoms with E-state index in [-0.39, 0.29) is 28.2 Å². The molecule has 1 heterocycles. The van der Waals surface area contributed by atoms with Gasteiger partial charge in [-0.2, -0.15) is 8.78 Å². The molecule has 164 valence electrons. The van der Waals surface area contributed by atoms with Gasteiger partial charge < -0.3 is 15.4 Å². The minimum absolute atomic E-state index is 0.00736. The van der Waals surface area contributed by atoms with Crippen molar-refractivity contribution >= 4 is 11.8 Å². The summed E-state index contributed by atoms with van der Waals surface area (Å²) >= 11 is 0. The van der Waals surface area contributed by atoms with Crippen molar-refractivity contribution in [1.82, 2.24) is 15.5 Å². The van der Waals surface area contributed by atoms with Crippen LogP contribution < -0.4 is 15.4 Å². The number of alkyl halides is 2. The van der Waals surface area contributed by atoms with Crippen molar-refractivity contribution in [3.63, 3.8) is 0 Å². The highest BCUT2D eigenvalue weighted by molar-refractivity contribution is 5.94. The maximum absolute atomic E-state index is 13.6. The molecule has 0 aromatic heterocycles. The van der Waals surface area contributed by atoms with Gasteiger partial charge in [0, 0.05) is 36.8 Å².